The number of likely N-dealkylation sites (N-methyl/N-ethyl adjacent to an activating group) is 1. The Balaban J connectivity index is 0.00000900. The van der Waals surface area contributed by atoms with E-state index in [4.69, 9.17) is 14.5 Å². The summed E-state index contributed by atoms with van der Waals surface area (Å²) >= 11 is 0. The second-order valence-corrected chi connectivity index (χ2v) is 8.18. The van der Waals surface area contributed by atoms with Crippen LogP contribution >= 0.6 is 24.0 Å². The molecule has 0 saturated heterocycles. The van der Waals surface area contributed by atoms with Crippen molar-refractivity contribution in [2.75, 3.05) is 47.4 Å². The molecule has 0 saturated carbocycles. The van der Waals surface area contributed by atoms with E-state index in [9.17, 15) is 4.79 Å². The Morgan fingerprint density at radius 3 is 2.42 bits per heavy atom. The zero-order valence-corrected chi connectivity index (χ0v) is 22.3. The first-order valence-electron chi connectivity index (χ1n) is 10.5. The van der Waals surface area contributed by atoms with Crippen LogP contribution < -0.4 is 20.7 Å². The lowest BCUT2D eigenvalue weighted by Gasteiger charge is -2.24. The normalized spacial score (nSPS) is 12.6. The number of carbonyl (C=O) groups excluding carboxylic acids is 1. The van der Waals surface area contributed by atoms with E-state index < -0.39 is 11.7 Å². The van der Waals surface area contributed by atoms with Gasteiger partial charge in [0.05, 0.1) is 19.7 Å². The van der Waals surface area contributed by atoms with Crippen molar-refractivity contribution in [1.29, 1.82) is 0 Å². The fraction of sp³-hybridized carbons (Fsp3) is 0.636. The minimum absolute atomic E-state index is 0. The Morgan fingerprint density at radius 1 is 1.16 bits per heavy atom. The molecule has 0 spiro atoms. The summed E-state index contributed by atoms with van der Waals surface area (Å²) in [7, 11) is 5.76. The Kier molecular flexibility index (Phi) is 14.3. The van der Waals surface area contributed by atoms with Gasteiger partial charge in [-0.1, -0.05) is 12.1 Å². The van der Waals surface area contributed by atoms with E-state index >= 15 is 0 Å². The maximum Gasteiger partial charge on any atom is 0.407 e. The van der Waals surface area contributed by atoms with Gasteiger partial charge in [-0.15, -0.1) is 24.0 Å². The molecule has 1 amide bonds. The molecule has 0 aliphatic rings. The minimum Gasteiger partial charge on any atom is -0.497 e. The minimum atomic E-state index is -0.487. The van der Waals surface area contributed by atoms with Crippen molar-refractivity contribution >= 4 is 36.0 Å². The number of ether oxygens (including phenoxy) is 2. The smallest absolute Gasteiger partial charge is 0.407 e. The highest BCUT2D eigenvalue weighted by molar-refractivity contribution is 14.0. The molecule has 9 heteroatoms. The number of guanidine groups is 1. The Bertz CT molecular complexity index is 677. The summed E-state index contributed by atoms with van der Waals surface area (Å²) in [5, 5.41) is 9.34. The van der Waals surface area contributed by atoms with Gasteiger partial charge < -0.3 is 30.3 Å². The monoisotopic (exact) mass is 549 g/mol. The second-order valence-electron chi connectivity index (χ2n) is 8.18. The number of benzene rings is 1. The largest absolute Gasteiger partial charge is 0.497 e. The average molecular weight is 549 g/mol. The van der Waals surface area contributed by atoms with E-state index in [2.05, 4.69) is 26.9 Å². The third-order valence-corrected chi connectivity index (χ3v) is 4.18. The van der Waals surface area contributed by atoms with Crippen LogP contribution in [0.4, 0.5) is 4.79 Å². The Hall–Kier alpha value is -1.75. The number of nitrogens with one attached hydrogen (secondary N) is 3. The number of hydrogen-bond donors (Lipinski definition) is 3. The summed E-state index contributed by atoms with van der Waals surface area (Å²) in [4.78, 5) is 18.6. The van der Waals surface area contributed by atoms with Crippen molar-refractivity contribution in [3.05, 3.63) is 29.8 Å². The molecular formula is C22H40IN5O3. The molecule has 8 nitrogen and oxygen atoms in total. The molecule has 1 atom stereocenters. The van der Waals surface area contributed by atoms with E-state index in [-0.39, 0.29) is 30.0 Å². The maximum absolute atomic E-state index is 11.7. The number of nitrogens with zero attached hydrogens (tertiary/aromatic N) is 2. The third kappa shape index (κ3) is 12.6. The molecule has 0 aliphatic heterocycles. The number of alkyl carbamates (subject to hydrolysis) is 1. The van der Waals surface area contributed by atoms with E-state index in [1.54, 1.807) is 7.11 Å². The SMILES string of the molecule is CCNC(=NCC(c1cccc(OC)c1)N(C)C)NCCCNC(=O)OC(C)(C)C.I. The molecular weight excluding hydrogens is 509 g/mol. The number of hydrogen-bond acceptors (Lipinski definition) is 5. The van der Waals surface area contributed by atoms with Crippen molar-refractivity contribution in [2.24, 2.45) is 4.99 Å². The van der Waals surface area contributed by atoms with Crippen molar-refractivity contribution in [3.8, 4) is 5.75 Å². The van der Waals surface area contributed by atoms with Gasteiger partial charge in [-0.05, 0) is 65.9 Å². The lowest BCUT2D eigenvalue weighted by molar-refractivity contribution is 0.0527. The molecule has 3 N–H and O–H groups in total. The van der Waals surface area contributed by atoms with E-state index in [1.165, 1.54) is 0 Å². The zero-order valence-electron chi connectivity index (χ0n) is 19.9. The predicted molar refractivity (Wildman–Crippen MR) is 138 cm³/mol. The van der Waals surface area contributed by atoms with Gasteiger partial charge in [-0.2, -0.15) is 0 Å². The fourth-order valence-corrected chi connectivity index (χ4v) is 2.73. The van der Waals surface area contributed by atoms with Crippen LogP contribution in [0.15, 0.2) is 29.3 Å². The van der Waals surface area contributed by atoms with Crippen LogP contribution in [-0.2, 0) is 4.74 Å². The molecule has 0 bridgehead atoms. The van der Waals surface area contributed by atoms with Gasteiger partial charge in [0.1, 0.15) is 11.4 Å². The molecule has 0 aromatic heterocycles. The standard InChI is InChI=1S/C22H39N5O3.HI/c1-8-23-20(24-13-10-14-25-21(28)30-22(2,3)4)26-16-19(27(5)6)17-11-9-12-18(15-17)29-7;/h9,11-12,15,19H,8,10,13-14,16H2,1-7H3,(H,25,28)(H2,23,24,26);1H. The Morgan fingerprint density at radius 2 is 1.84 bits per heavy atom. The summed E-state index contributed by atoms with van der Waals surface area (Å²) in [6.45, 7) is 10.2. The van der Waals surface area contributed by atoms with Crippen LogP contribution in [0.1, 0.15) is 45.7 Å². The first kappa shape index (κ1) is 29.2. The van der Waals surface area contributed by atoms with Crippen LogP contribution in [-0.4, -0.2) is 69.9 Å². The average Bonchev–Trinajstić information content (AvgIpc) is 2.66. The number of amides is 1. The molecule has 31 heavy (non-hydrogen) atoms. The molecule has 1 unspecified atom stereocenters. The number of methoxy groups -OCH3 is 1. The van der Waals surface area contributed by atoms with Crippen molar-refractivity contribution in [2.45, 2.75) is 45.8 Å². The van der Waals surface area contributed by atoms with Gasteiger partial charge in [-0.25, -0.2) is 4.79 Å². The molecule has 0 heterocycles. The van der Waals surface area contributed by atoms with Crippen molar-refractivity contribution in [3.63, 3.8) is 0 Å². The third-order valence-electron chi connectivity index (χ3n) is 4.18. The highest BCUT2D eigenvalue weighted by Crippen LogP contribution is 2.22. The van der Waals surface area contributed by atoms with Crippen LogP contribution in [0.2, 0.25) is 0 Å². The topological polar surface area (TPSA) is 87.2 Å². The lowest BCUT2D eigenvalue weighted by atomic mass is 10.1. The number of aliphatic imine (C=N–C) groups is 1. The maximum atomic E-state index is 11.7. The zero-order chi connectivity index (χ0) is 22.6. The second kappa shape index (κ2) is 15.1. The summed E-state index contributed by atoms with van der Waals surface area (Å²) in [6, 6.07) is 8.20. The first-order valence-corrected chi connectivity index (χ1v) is 10.5. The summed E-state index contributed by atoms with van der Waals surface area (Å²) < 4.78 is 10.6. The highest BCUT2D eigenvalue weighted by atomic mass is 127. The summed E-state index contributed by atoms with van der Waals surface area (Å²) in [6.07, 6.45) is 0.367. The lowest BCUT2D eigenvalue weighted by Crippen LogP contribution is -2.40. The number of halogens is 1. The van der Waals surface area contributed by atoms with Gasteiger partial charge in [0, 0.05) is 19.6 Å². The molecule has 0 aliphatic carbocycles. The highest BCUT2D eigenvalue weighted by Gasteiger charge is 2.16. The summed E-state index contributed by atoms with van der Waals surface area (Å²) in [5.41, 5.74) is 0.666. The van der Waals surface area contributed by atoms with Gasteiger partial charge >= 0.3 is 6.09 Å². The van der Waals surface area contributed by atoms with Gasteiger partial charge in [0.15, 0.2) is 5.96 Å². The quantitative estimate of drug-likeness (QED) is 0.180. The summed E-state index contributed by atoms with van der Waals surface area (Å²) in [5.74, 6) is 1.59. The fourth-order valence-electron chi connectivity index (χ4n) is 2.73. The first-order chi connectivity index (χ1) is 14.2. The number of carbonyl (C=O) groups is 1. The number of rotatable bonds is 10. The van der Waals surface area contributed by atoms with Crippen molar-refractivity contribution < 1.29 is 14.3 Å². The van der Waals surface area contributed by atoms with Gasteiger partial charge in [0.25, 0.3) is 0 Å². The molecule has 178 valence electrons. The van der Waals surface area contributed by atoms with E-state index in [0.29, 0.717) is 19.6 Å². The van der Waals surface area contributed by atoms with Gasteiger partial charge in [-0.3, -0.25) is 4.99 Å². The molecule has 1 aromatic carbocycles. The van der Waals surface area contributed by atoms with Crippen LogP contribution in [0.3, 0.4) is 0 Å². The van der Waals surface area contributed by atoms with Crippen molar-refractivity contribution in [1.82, 2.24) is 20.9 Å². The van der Waals surface area contributed by atoms with Crippen LogP contribution in [0, 0.1) is 0 Å². The van der Waals surface area contributed by atoms with E-state index in [1.807, 2.05) is 60.0 Å². The van der Waals surface area contributed by atoms with Crippen LogP contribution in [0.25, 0.3) is 0 Å². The van der Waals surface area contributed by atoms with Crippen LogP contribution in [0.5, 0.6) is 5.75 Å². The molecule has 1 aromatic rings. The molecule has 0 radical (unpaired) electrons. The molecule has 1 rings (SSSR count). The molecule has 0 fully saturated rings. The predicted octanol–water partition coefficient (Wildman–Crippen LogP) is 3.39. The van der Waals surface area contributed by atoms with Gasteiger partial charge in [0.2, 0.25) is 0 Å². The Labute approximate surface area is 204 Å². The van der Waals surface area contributed by atoms with E-state index in [0.717, 1.165) is 30.2 Å².